The number of fused-ring (bicyclic) bond motifs is 1. The van der Waals surface area contributed by atoms with Gasteiger partial charge in [-0.2, -0.15) is 0 Å². The molecule has 132 valence electrons. The van der Waals surface area contributed by atoms with Crippen LogP contribution in [0.25, 0.3) is 0 Å². The minimum atomic E-state index is -0.474. The number of hydrogen-bond acceptors (Lipinski definition) is 4. The summed E-state index contributed by atoms with van der Waals surface area (Å²) >= 11 is 0. The number of likely N-dealkylation sites (tertiary alicyclic amines) is 1. The number of aliphatic hydroxyl groups excluding tert-OH is 1. The van der Waals surface area contributed by atoms with Crippen LogP contribution in [0.5, 0.6) is 5.75 Å². The van der Waals surface area contributed by atoms with Crippen molar-refractivity contribution in [3.63, 3.8) is 0 Å². The molecule has 0 bridgehead atoms. The van der Waals surface area contributed by atoms with E-state index in [0.29, 0.717) is 24.5 Å². The van der Waals surface area contributed by atoms with Gasteiger partial charge in [-0.15, -0.1) is 0 Å². The highest BCUT2D eigenvalue weighted by atomic mass is 16.5. The van der Waals surface area contributed by atoms with E-state index in [2.05, 4.69) is 4.90 Å². The number of hydrogen-bond donors (Lipinski definition) is 1. The number of β-amino-alcohol motifs (C(OH)–C–C–N with tert-alkyl or cyclic N) is 1. The van der Waals surface area contributed by atoms with Gasteiger partial charge in [0.25, 0.3) is 0 Å². The van der Waals surface area contributed by atoms with Crippen LogP contribution in [-0.4, -0.2) is 48.1 Å². The number of nitrogens with zero attached hydrogens (tertiary/aromatic N) is 1. The molecule has 1 aromatic rings. The van der Waals surface area contributed by atoms with E-state index in [-0.39, 0.29) is 5.78 Å². The van der Waals surface area contributed by atoms with E-state index in [0.717, 1.165) is 24.9 Å². The van der Waals surface area contributed by atoms with Crippen LogP contribution in [-0.2, 0) is 0 Å². The standard InChI is InChI=1S/C20H29NO3/c1-15(22)16-6-8-20(9-7-16)24-14-19(23)13-21-11-10-17-4-2-3-5-18(17)12-21/h6-9,17-19,23H,2-5,10-14H2,1H3/t17-,18+,19+/m0/s1. The van der Waals surface area contributed by atoms with Gasteiger partial charge in [-0.1, -0.05) is 19.3 Å². The second kappa shape index (κ2) is 8.13. The van der Waals surface area contributed by atoms with Crippen molar-refractivity contribution >= 4 is 5.78 Å². The molecule has 1 N–H and O–H groups in total. The average Bonchev–Trinajstić information content (AvgIpc) is 2.60. The summed E-state index contributed by atoms with van der Waals surface area (Å²) < 4.78 is 5.66. The number of piperidine rings is 1. The van der Waals surface area contributed by atoms with Gasteiger partial charge < -0.3 is 14.7 Å². The van der Waals surface area contributed by atoms with Gasteiger partial charge >= 0.3 is 0 Å². The Morgan fingerprint density at radius 1 is 1.21 bits per heavy atom. The van der Waals surface area contributed by atoms with Crippen molar-refractivity contribution in [1.82, 2.24) is 4.90 Å². The smallest absolute Gasteiger partial charge is 0.159 e. The fraction of sp³-hybridized carbons (Fsp3) is 0.650. The second-order valence-electron chi connectivity index (χ2n) is 7.40. The highest BCUT2D eigenvalue weighted by Crippen LogP contribution is 2.35. The molecule has 1 aromatic carbocycles. The van der Waals surface area contributed by atoms with Crippen molar-refractivity contribution in [3.05, 3.63) is 29.8 Å². The summed E-state index contributed by atoms with van der Waals surface area (Å²) in [6.45, 7) is 4.77. The summed E-state index contributed by atoms with van der Waals surface area (Å²) in [7, 11) is 0. The zero-order chi connectivity index (χ0) is 16.9. The van der Waals surface area contributed by atoms with Crippen molar-refractivity contribution in [2.24, 2.45) is 11.8 Å². The zero-order valence-electron chi connectivity index (χ0n) is 14.6. The molecule has 1 aliphatic carbocycles. The van der Waals surface area contributed by atoms with Gasteiger partial charge in [-0.05, 0) is 62.4 Å². The van der Waals surface area contributed by atoms with Gasteiger partial charge in [0.05, 0.1) is 0 Å². The number of carbonyl (C=O) groups excluding carboxylic acids is 1. The highest BCUT2D eigenvalue weighted by Gasteiger charge is 2.31. The minimum absolute atomic E-state index is 0.0488. The number of ether oxygens (including phenoxy) is 1. The minimum Gasteiger partial charge on any atom is -0.491 e. The molecule has 1 saturated carbocycles. The van der Waals surface area contributed by atoms with E-state index in [1.54, 1.807) is 31.2 Å². The third kappa shape index (κ3) is 4.58. The molecule has 0 radical (unpaired) electrons. The SMILES string of the molecule is CC(=O)c1ccc(OC[C@H](O)CN2CC[C@@H]3CCCC[C@@H]3C2)cc1. The summed E-state index contributed by atoms with van der Waals surface area (Å²) in [5, 5.41) is 10.3. The first-order valence-corrected chi connectivity index (χ1v) is 9.26. The Hall–Kier alpha value is -1.39. The lowest BCUT2D eigenvalue weighted by atomic mass is 9.75. The number of rotatable bonds is 6. The largest absolute Gasteiger partial charge is 0.491 e. The normalized spacial score (nSPS) is 25.8. The summed E-state index contributed by atoms with van der Waals surface area (Å²) in [5.74, 6) is 2.50. The Balaban J connectivity index is 1.42. The van der Waals surface area contributed by atoms with Gasteiger partial charge in [0.2, 0.25) is 0 Å². The Labute approximate surface area is 144 Å². The van der Waals surface area contributed by atoms with E-state index in [1.165, 1.54) is 32.1 Å². The summed E-state index contributed by atoms with van der Waals surface area (Å²) in [6, 6.07) is 7.10. The predicted molar refractivity (Wildman–Crippen MR) is 94.5 cm³/mol. The molecule has 3 atom stereocenters. The molecule has 0 amide bonds. The molecule has 0 aromatic heterocycles. The Morgan fingerprint density at radius 3 is 2.62 bits per heavy atom. The predicted octanol–water partition coefficient (Wildman–Crippen LogP) is 3.14. The lowest BCUT2D eigenvalue weighted by Gasteiger charge is -2.41. The van der Waals surface area contributed by atoms with Crippen LogP contribution < -0.4 is 4.74 Å². The van der Waals surface area contributed by atoms with Gasteiger partial charge in [0, 0.05) is 18.7 Å². The lowest BCUT2D eigenvalue weighted by molar-refractivity contribution is 0.0281. The molecule has 2 fully saturated rings. The topological polar surface area (TPSA) is 49.8 Å². The first-order valence-electron chi connectivity index (χ1n) is 9.26. The van der Waals surface area contributed by atoms with Crippen molar-refractivity contribution in [2.45, 2.75) is 45.1 Å². The van der Waals surface area contributed by atoms with Crippen molar-refractivity contribution in [1.29, 1.82) is 0 Å². The average molecular weight is 331 g/mol. The van der Waals surface area contributed by atoms with Crippen LogP contribution >= 0.6 is 0 Å². The Morgan fingerprint density at radius 2 is 1.92 bits per heavy atom. The molecule has 0 unspecified atom stereocenters. The van der Waals surface area contributed by atoms with Crippen LogP contribution in [0.1, 0.15) is 49.4 Å². The molecular weight excluding hydrogens is 302 g/mol. The Kier molecular flexibility index (Phi) is 5.90. The Bertz CT molecular complexity index is 542. The summed E-state index contributed by atoms with van der Waals surface area (Å²) in [4.78, 5) is 13.7. The van der Waals surface area contributed by atoms with E-state index in [1.807, 2.05) is 0 Å². The quantitative estimate of drug-likeness (QED) is 0.814. The zero-order valence-corrected chi connectivity index (χ0v) is 14.6. The third-order valence-electron chi connectivity index (χ3n) is 5.55. The van der Waals surface area contributed by atoms with Crippen LogP contribution in [0, 0.1) is 11.8 Å². The van der Waals surface area contributed by atoms with Crippen LogP contribution in [0.2, 0.25) is 0 Å². The van der Waals surface area contributed by atoms with Gasteiger partial charge in [-0.25, -0.2) is 0 Å². The van der Waals surface area contributed by atoms with E-state index < -0.39 is 6.10 Å². The first-order chi connectivity index (χ1) is 11.6. The maximum absolute atomic E-state index is 11.3. The summed E-state index contributed by atoms with van der Waals surface area (Å²) in [5.41, 5.74) is 0.679. The molecule has 3 rings (SSSR count). The number of Topliss-reactive ketones (excluding diaryl/α,β-unsaturated/α-hetero) is 1. The van der Waals surface area contributed by atoms with Crippen molar-refractivity contribution in [2.75, 3.05) is 26.2 Å². The highest BCUT2D eigenvalue weighted by molar-refractivity contribution is 5.94. The van der Waals surface area contributed by atoms with Gasteiger partial charge in [-0.3, -0.25) is 4.79 Å². The molecule has 4 nitrogen and oxygen atoms in total. The first kappa shape index (κ1) is 17.4. The maximum Gasteiger partial charge on any atom is 0.159 e. The van der Waals surface area contributed by atoms with Crippen LogP contribution in [0.3, 0.4) is 0 Å². The molecular formula is C20H29NO3. The number of aliphatic hydroxyl groups is 1. The molecule has 1 heterocycles. The maximum atomic E-state index is 11.3. The molecule has 4 heteroatoms. The van der Waals surface area contributed by atoms with Gasteiger partial charge in [0.15, 0.2) is 5.78 Å². The number of carbonyl (C=O) groups is 1. The molecule has 0 spiro atoms. The van der Waals surface area contributed by atoms with Crippen LogP contribution in [0.15, 0.2) is 24.3 Å². The van der Waals surface area contributed by atoms with E-state index in [9.17, 15) is 9.90 Å². The molecule has 24 heavy (non-hydrogen) atoms. The molecule has 2 aliphatic rings. The van der Waals surface area contributed by atoms with Crippen molar-refractivity contribution < 1.29 is 14.6 Å². The fourth-order valence-corrected chi connectivity index (χ4v) is 4.17. The third-order valence-corrected chi connectivity index (χ3v) is 5.55. The molecule has 1 aliphatic heterocycles. The number of benzene rings is 1. The van der Waals surface area contributed by atoms with Gasteiger partial charge in [0.1, 0.15) is 18.5 Å². The monoisotopic (exact) mass is 331 g/mol. The number of ketones is 1. The van der Waals surface area contributed by atoms with E-state index in [4.69, 9.17) is 4.74 Å². The summed E-state index contributed by atoms with van der Waals surface area (Å²) in [6.07, 6.45) is 6.34. The van der Waals surface area contributed by atoms with Crippen molar-refractivity contribution in [3.8, 4) is 5.75 Å². The van der Waals surface area contributed by atoms with E-state index >= 15 is 0 Å². The molecule has 1 saturated heterocycles. The second-order valence-corrected chi connectivity index (χ2v) is 7.40. The fourth-order valence-electron chi connectivity index (χ4n) is 4.17. The lowest BCUT2D eigenvalue weighted by Crippen LogP contribution is -2.45. The van der Waals surface area contributed by atoms with Crippen LogP contribution in [0.4, 0.5) is 0 Å².